The SMILES string of the molecule is C=CCNC(=O)CCc1c(C)nn(-c2ccc(OC)cc2)c1Oc1ccc(C)cc1. The van der Waals surface area contributed by atoms with Gasteiger partial charge in [-0.2, -0.15) is 5.10 Å². The Kier molecular flexibility index (Phi) is 6.91. The Balaban J connectivity index is 1.95. The molecule has 3 rings (SSSR count). The number of amides is 1. The quantitative estimate of drug-likeness (QED) is 0.532. The Labute approximate surface area is 177 Å². The van der Waals surface area contributed by atoms with E-state index in [1.807, 2.05) is 62.4 Å². The van der Waals surface area contributed by atoms with E-state index in [1.165, 1.54) is 0 Å². The zero-order valence-corrected chi connectivity index (χ0v) is 17.6. The minimum Gasteiger partial charge on any atom is -0.497 e. The summed E-state index contributed by atoms with van der Waals surface area (Å²) in [5.74, 6) is 2.06. The lowest BCUT2D eigenvalue weighted by Crippen LogP contribution is -2.23. The summed E-state index contributed by atoms with van der Waals surface area (Å²) in [5.41, 5.74) is 3.73. The standard InChI is InChI=1S/C24H27N3O3/c1-5-16-25-23(28)15-14-22-18(3)26-27(19-8-12-20(29-4)13-9-19)24(22)30-21-10-6-17(2)7-11-21/h5-13H,1,14-16H2,2-4H3,(H,25,28). The second-order valence-electron chi connectivity index (χ2n) is 6.99. The van der Waals surface area contributed by atoms with Crippen LogP contribution < -0.4 is 14.8 Å². The van der Waals surface area contributed by atoms with Gasteiger partial charge in [0.1, 0.15) is 11.5 Å². The van der Waals surface area contributed by atoms with Crippen LogP contribution in [0.2, 0.25) is 0 Å². The Morgan fingerprint density at radius 2 is 1.77 bits per heavy atom. The Morgan fingerprint density at radius 3 is 2.40 bits per heavy atom. The first kappa shape index (κ1) is 21.2. The van der Waals surface area contributed by atoms with Crippen LogP contribution in [0.15, 0.2) is 61.2 Å². The third kappa shape index (κ3) is 5.08. The molecule has 0 aliphatic carbocycles. The zero-order valence-electron chi connectivity index (χ0n) is 17.6. The first-order valence-electron chi connectivity index (χ1n) is 9.87. The molecule has 0 aliphatic heterocycles. The number of ether oxygens (including phenoxy) is 2. The molecule has 2 aromatic carbocycles. The first-order valence-corrected chi connectivity index (χ1v) is 9.87. The molecule has 6 heteroatoms. The van der Waals surface area contributed by atoms with E-state index in [-0.39, 0.29) is 5.91 Å². The van der Waals surface area contributed by atoms with Crippen molar-refractivity contribution in [3.63, 3.8) is 0 Å². The molecule has 0 unspecified atom stereocenters. The third-order valence-electron chi connectivity index (χ3n) is 4.74. The normalized spacial score (nSPS) is 10.5. The summed E-state index contributed by atoms with van der Waals surface area (Å²) in [5, 5.41) is 7.50. The van der Waals surface area contributed by atoms with Gasteiger partial charge in [-0.3, -0.25) is 4.79 Å². The van der Waals surface area contributed by atoms with Crippen molar-refractivity contribution in [1.82, 2.24) is 15.1 Å². The van der Waals surface area contributed by atoms with E-state index in [9.17, 15) is 4.79 Å². The van der Waals surface area contributed by atoms with Crippen molar-refractivity contribution in [2.24, 2.45) is 0 Å². The number of aromatic nitrogens is 2. The lowest BCUT2D eigenvalue weighted by atomic mass is 10.1. The van der Waals surface area contributed by atoms with E-state index in [1.54, 1.807) is 17.9 Å². The van der Waals surface area contributed by atoms with Crippen molar-refractivity contribution in [2.45, 2.75) is 26.7 Å². The fourth-order valence-electron chi connectivity index (χ4n) is 3.06. The van der Waals surface area contributed by atoms with Gasteiger partial charge in [-0.1, -0.05) is 23.8 Å². The van der Waals surface area contributed by atoms with E-state index >= 15 is 0 Å². The van der Waals surface area contributed by atoms with E-state index in [0.29, 0.717) is 31.0 Å². The minimum absolute atomic E-state index is 0.0345. The van der Waals surface area contributed by atoms with Crippen molar-refractivity contribution < 1.29 is 14.3 Å². The first-order chi connectivity index (χ1) is 14.5. The molecule has 0 saturated carbocycles. The van der Waals surface area contributed by atoms with Crippen LogP contribution in [0.5, 0.6) is 17.4 Å². The Hall–Kier alpha value is -3.54. The number of hydrogen-bond donors (Lipinski definition) is 1. The number of carbonyl (C=O) groups is 1. The molecule has 0 bridgehead atoms. The van der Waals surface area contributed by atoms with Crippen LogP contribution in [0.4, 0.5) is 0 Å². The smallest absolute Gasteiger partial charge is 0.226 e. The van der Waals surface area contributed by atoms with Crippen LogP contribution in [-0.4, -0.2) is 29.3 Å². The van der Waals surface area contributed by atoms with Crippen LogP contribution in [0, 0.1) is 13.8 Å². The topological polar surface area (TPSA) is 65.4 Å². The molecule has 0 aliphatic rings. The highest BCUT2D eigenvalue weighted by molar-refractivity contribution is 5.76. The molecule has 0 fully saturated rings. The molecule has 0 saturated heterocycles. The highest BCUT2D eigenvalue weighted by Crippen LogP contribution is 2.32. The number of benzene rings is 2. The highest BCUT2D eigenvalue weighted by atomic mass is 16.5. The van der Waals surface area contributed by atoms with Gasteiger partial charge in [-0.15, -0.1) is 6.58 Å². The number of nitrogens with zero attached hydrogens (tertiary/aromatic N) is 2. The summed E-state index contributed by atoms with van der Waals surface area (Å²) in [6.45, 7) is 8.04. The molecule has 3 aromatic rings. The number of hydrogen-bond acceptors (Lipinski definition) is 4. The van der Waals surface area contributed by atoms with Crippen LogP contribution >= 0.6 is 0 Å². The van der Waals surface area contributed by atoms with Gasteiger partial charge in [0, 0.05) is 18.5 Å². The molecule has 0 radical (unpaired) electrons. The van der Waals surface area contributed by atoms with Crippen molar-refractivity contribution in [3.05, 3.63) is 78.0 Å². The van der Waals surface area contributed by atoms with E-state index in [4.69, 9.17) is 14.6 Å². The van der Waals surface area contributed by atoms with Gasteiger partial charge in [-0.05, 0) is 56.7 Å². The monoisotopic (exact) mass is 405 g/mol. The van der Waals surface area contributed by atoms with Crippen molar-refractivity contribution >= 4 is 5.91 Å². The summed E-state index contributed by atoms with van der Waals surface area (Å²) in [6, 6.07) is 15.5. The third-order valence-corrected chi connectivity index (χ3v) is 4.74. The van der Waals surface area contributed by atoms with Gasteiger partial charge in [0.2, 0.25) is 11.8 Å². The lowest BCUT2D eigenvalue weighted by Gasteiger charge is -2.12. The maximum Gasteiger partial charge on any atom is 0.226 e. The van der Waals surface area contributed by atoms with Crippen LogP contribution in [0.25, 0.3) is 5.69 Å². The molecule has 0 atom stereocenters. The molecule has 1 amide bonds. The predicted molar refractivity (Wildman–Crippen MR) is 118 cm³/mol. The largest absolute Gasteiger partial charge is 0.497 e. The van der Waals surface area contributed by atoms with E-state index < -0.39 is 0 Å². The molecule has 156 valence electrons. The second kappa shape index (κ2) is 9.78. The maximum absolute atomic E-state index is 12.1. The fraction of sp³-hybridized carbons (Fsp3) is 0.250. The van der Waals surface area contributed by atoms with Crippen LogP contribution in [-0.2, 0) is 11.2 Å². The molecule has 30 heavy (non-hydrogen) atoms. The predicted octanol–water partition coefficient (Wildman–Crippen LogP) is 4.52. The summed E-state index contributed by atoms with van der Waals surface area (Å²) in [6.07, 6.45) is 2.52. The van der Waals surface area contributed by atoms with Gasteiger partial charge >= 0.3 is 0 Å². The average molecular weight is 405 g/mol. The number of rotatable bonds is 9. The van der Waals surface area contributed by atoms with Crippen molar-refractivity contribution in [2.75, 3.05) is 13.7 Å². The maximum atomic E-state index is 12.1. The molecule has 0 spiro atoms. The molecule has 1 N–H and O–H groups in total. The Bertz CT molecular complexity index is 1010. The number of aryl methyl sites for hydroxylation is 2. The lowest BCUT2D eigenvalue weighted by molar-refractivity contribution is -0.120. The van der Waals surface area contributed by atoms with Gasteiger partial charge in [0.15, 0.2) is 0 Å². The fourth-order valence-corrected chi connectivity index (χ4v) is 3.06. The highest BCUT2D eigenvalue weighted by Gasteiger charge is 2.20. The second-order valence-corrected chi connectivity index (χ2v) is 6.99. The summed E-state index contributed by atoms with van der Waals surface area (Å²) in [7, 11) is 1.63. The summed E-state index contributed by atoms with van der Waals surface area (Å²) >= 11 is 0. The average Bonchev–Trinajstić information content (AvgIpc) is 3.07. The molecule has 6 nitrogen and oxygen atoms in total. The van der Waals surface area contributed by atoms with Gasteiger partial charge in [-0.25, -0.2) is 4.68 Å². The number of carbonyl (C=O) groups excluding carboxylic acids is 1. The molecular formula is C24H27N3O3. The van der Waals surface area contributed by atoms with Gasteiger partial charge < -0.3 is 14.8 Å². The van der Waals surface area contributed by atoms with Crippen LogP contribution in [0.3, 0.4) is 0 Å². The van der Waals surface area contributed by atoms with Crippen molar-refractivity contribution in [1.29, 1.82) is 0 Å². The zero-order chi connectivity index (χ0) is 21.5. The van der Waals surface area contributed by atoms with Gasteiger partial charge in [0.25, 0.3) is 0 Å². The molecule has 1 aromatic heterocycles. The number of nitrogens with one attached hydrogen (secondary N) is 1. The molecular weight excluding hydrogens is 378 g/mol. The Morgan fingerprint density at radius 1 is 1.10 bits per heavy atom. The van der Waals surface area contributed by atoms with E-state index in [0.717, 1.165) is 28.3 Å². The van der Waals surface area contributed by atoms with Crippen molar-refractivity contribution in [3.8, 4) is 23.1 Å². The molecule has 1 heterocycles. The summed E-state index contributed by atoms with van der Waals surface area (Å²) < 4.78 is 13.3. The van der Waals surface area contributed by atoms with Gasteiger partial charge in [0.05, 0.1) is 18.5 Å². The number of methoxy groups -OCH3 is 1. The van der Waals surface area contributed by atoms with Crippen LogP contribution in [0.1, 0.15) is 23.2 Å². The minimum atomic E-state index is -0.0345. The van der Waals surface area contributed by atoms with E-state index in [2.05, 4.69) is 11.9 Å². The summed E-state index contributed by atoms with van der Waals surface area (Å²) in [4.78, 5) is 12.1.